The molecule has 3 aromatic carbocycles. The predicted molar refractivity (Wildman–Crippen MR) is 171 cm³/mol. The zero-order valence-electron chi connectivity index (χ0n) is 24.8. The summed E-state index contributed by atoms with van der Waals surface area (Å²) in [6, 6.07) is 20.9. The van der Waals surface area contributed by atoms with Crippen molar-refractivity contribution in [2.45, 2.75) is 30.5 Å². The van der Waals surface area contributed by atoms with Crippen LogP contribution in [0.15, 0.2) is 65.7 Å². The molecule has 8 nitrogen and oxygen atoms in total. The molecule has 1 aromatic heterocycles. The van der Waals surface area contributed by atoms with Crippen LogP contribution in [0, 0.1) is 18.3 Å². The molecule has 0 aliphatic carbocycles. The lowest BCUT2D eigenvalue weighted by molar-refractivity contribution is -0.115. The van der Waals surface area contributed by atoms with Gasteiger partial charge in [0.15, 0.2) is 11.5 Å². The van der Waals surface area contributed by atoms with Crippen LogP contribution in [0.1, 0.15) is 24.5 Å². The molecule has 4 rings (SSSR count). The molecule has 43 heavy (non-hydrogen) atoms. The van der Waals surface area contributed by atoms with Crippen LogP contribution in [-0.4, -0.2) is 44.6 Å². The van der Waals surface area contributed by atoms with Gasteiger partial charge in [0.05, 0.1) is 50.6 Å². The number of methoxy groups -OCH3 is 4. The lowest BCUT2D eigenvalue weighted by Crippen LogP contribution is -2.25. The Kier molecular flexibility index (Phi) is 10.4. The molecule has 1 atom stereocenters. The Morgan fingerprint density at radius 2 is 1.60 bits per heavy atom. The van der Waals surface area contributed by atoms with Gasteiger partial charge in [-0.15, -0.1) is 0 Å². The summed E-state index contributed by atoms with van der Waals surface area (Å²) in [5.41, 5.74) is 4.44. The smallest absolute Gasteiger partial charge is 0.238 e. The van der Waals surface area contributed by atoms with E-state index in [-0.39, 0.29) is 5.91 Å². The number of halogens is 1. The van der Waals surface area contributed by atoms with Crippen molar-refractivity contribution in [3.05, 3.63) is 76.8 Å². The van der Waals surface area contributed by atoms with Crippen LogP contribution in [0.3, 0.4) is 0 Å². The van der Waals surface area contributed by atoms with Gasteiger partial charge in [0.25, 0.3) is 0 Å². The van der Waals surface area contributed by atoms with Crippen molar-refractivity contribution >= 4 is 35.0 Å². The molecule has 0 saturated carbocycles. The summed E-state index contributed by atoms with van der Waals surface area (Å²) in [5.74, 6) is 1.54. The van der Waals surface area contributed by atoms with E-state index in [9.17, 15) is 10.1 Å². The van der Waals surface area contributed by atoms with Gasteiger partial charge in [0.2, 0.25) is 11.7 Å². The van der Waals surface area contributed by atoms with Crippen molar-refractivity contribution in [1.29, 1.82) is 5.26 Å². The number of thioether (sulfide) groups is 1. The minimum absolute atomic E-state index is 0.252. The molecule has 0 saturated heterocycles. The topological polar surface area (TPSA) is 103 Å². The summed E-state index contributed by atoms with van der Waals surface area (Å²) in [7, 11) is 6.13. The number of nitrogens with one attached hydrogen (secondary N) is 1. The van der Waals surface area contributed by atoms with E-state index in [4.69, 9.17) is 35.5 Å². The van der Waals surface area contributed by atoms with Gasteiger partial charge >= 0.3 is 0 Å². The Balaban J connectivity index is 1.84. The quantitative estimate of drug-likeness (QED) is 0.170. The van der Waals surface area contributed by atoms with Gasteiger partial charge in [0.1, 0.15) is 16.8 Å². The van der Waals surface area contributed by atoms with E-state index in [2.05, 4.69) is 11.4 Å². The van der Waals surface area contributed by atoms with Gasteiger partial charge in [-0.1, -0.05) is 60.6 Å². The van der Waals surface area contributed by atoms with Gasteiger partial charge in [-0.3, -0.25) is 4.79 Å². The molecule has 0 bridgehead atoms. The van der Waals surface area contributed by atoms with E-state index in [0.717, 1.165) is 11.1 Å². The predicted octanol–water partition coefficient (Wildman–Crippen LogP) is 7.79. The van der Waals surface area contributed by atoms with Crippen LogP contribution in [0.25, 0.3) is 22.4 Å². The Labute approximate surface area is 260 Å². The summed E-state index contributed by atoms with van der Waals surface area (Å²) in [6.45, 7) is 3.77. The molecule has 4 aromatic rings. The molecule has 1 heterocycles. The average Bonchev–Trinajstić information content (AvgIpc) is 3.04. The lowest BCUT2D eigenvalue weighted by atomic mass is 9.98. The van der Waals surface area contributed by atoms with E-state index < -0.39 is 5.25 Å². The third-order valence-corrected chi connectivity index (χ3v) is 8.56. The van der Waals surface area contributed by atoms with Crippen molar-refractivity contribution in [3.63, 3.8) is 0 Å². The highest BCUT2D eigenvalue weighted by molar-refractivity contribution is 8.00. The molecule has 10 heteroatoms. The van der Waals surface area contributed by atoms with Gasteiger partial charge in [-0.05, 0) is 48.7 Å². The minimum Gasteiger partial charge on any atom is -0.495 e. The fourth-order valence-corrected chi connectivity index (χ4v) is 5.72. The number of pyridine rings is 1. The zero-order chi connectivity index (χ0) is 31.1. The van der Waals surface area contributed by atoms with Gasteiger partial charge in [-0.2, -0.15) is 5.26 Å². The third-order valence-electron chi connectivity index (χ3n) is 6.80. The molecule has 0 fully saturated rings. The number of rotatable bonds is 11. The fraction of sp³-hybridized carbons (Fsp3) is 0.242. The van der Waals surface area contributed by atoms with E-state index in [0.29, 0.717) is 67.5 Å². The Morgan fingerprint density at radius 1 is 0.953 bits per heavy atom. The molecule has 222 valence electrons. The molecule has 0 radical (unpaired) electrons. The number of anilines is 1. The van der Waals surface area contributed by atoms with Crippen LogP contribution >= 0.6 is 23.4 Å². The molecule has 0 aliphatic heterocycles. The number of hydrogen-bond acceptors (Lipinski definition) is 8. The Hall–Kier alpha value is -4.39. The van der Waals surface area contributed by atoms with Gasteiger partial charge < -0.3 is 24.3 Å². The van der Waals surface area contributed by atoms with Gasteiger partial charge in [-0.25, -0.2) is 4.98 Å². The van der Waals surface area contributed by atoms with Crippen molar-refractivity contribution in [2.75, 3.05) is 33.8 Å². The highest BCUT2D eigenvalue weighted by atomic mass is 35.5. The highest BCUT2D eigenvalue weighted by Crippen LogP contribution is 2.44. The third kappa shape index (κ3) is 6.82. The number of carbonyl (C=O) groups excluding carboxylic acids is 1. The second-order valence-electron chi connectivity index (χ2n) is 9.43. The molecule has 0 spiro atoms. The summed E-state index contributed by atoms with van der Waals surface area (Å²) < 4.78 is 22.1. The summed E-state index contributed by atoms with van der Waals surface area (Å²) in [4.78, 5) is 18.5. The number of carbonyl (C=O) groups is 1. The first-order valence-corrected chi connectivity index (χ1v) is 14.7. The SMILES string of the molecule is CCC(Sc1nc(-c2ccccc2)cc(-c2cc(OC)c(OC)c(OC)c2)c1C#N)C(=O)Nc1cc(C)c(Cl)cc1OC. The van der Waals surface area contributed by atoms with E-state index in [1.165, 1.54) is 40.2 Å². The first kappa shape index (κ1) is 31.5. The van der Waals surface area contributed by atoms with Crippen molar-refractivity contribution in [1.82, 2.24) is 4.98 Å². The first-order valence-electron chi connectivity index (χ1n) is 13.4. The largest absolute Gasteiger partial charge is 0.495 e. The molecular weight excluding hydrogens is 586 g/mol. The number of aryl methyl sites for hydroxylation is 1. The molecule has 1 unspecified atom stereocenters. The average molecular weight is 618 g/mol. The highest BCUT2D eigenvalue weighted by Gasteiger charge is 2.25. The second kappa shape index (κ2) is 14.2. The summed E-state index contributed by atoms with van der Waals surface area (Å²) in [5, 5.41) is 13.8. The number of hydrogen-bond donors (Lipinski definition) is 1. The molecule has 0 aliphatic rings. The number of nitriles is 1. The van der Waals surface area contributed by atoms with Crippen LogP contribution in [0.2, 0.25) is 5.02 Å². The maximum absolute atomic E-state index is 13.6. The zero-order valence-corrected chi connectivity index (χ0v) is 26.4. The summed E-state index contributed by atoms with van der Waals surface area (Å²) in [6.07, 6.45) is 0.479. The van der Waals surface area contributed by atoms with Crippen molar-refractivity contribution in [3.8, 4) is 51.5 Å². The van der Waals surface area contributed by atoms with E-state index in [1.54, 1.807) is 24.3 Å². The molecule has 1 amide bonds. The fourth-order valence-electron chi connectivity index (χ4n) is 4.54. The number of benzene rings is 3. The second-order valence-corrected chi connectivity index (χ2v) is 11.0. The van der Waals surface area contributed by atoms with Crippen LogP contribution in [-0.2, 0) is 4.79 Å². The van der Waals surface area contributed by atoms with Crippen LogP contribution in [0.5, 0.6) is 23.0 Å². The van der Waals surface area contributed by atoms with Crippen LogP contribution in [0.4, 0.5) is 5.69 Å². The summed E-state index contributed by atoms with van der Waals surface area (Å²) >= 11 is 7.49. The normalized spacial score (nSPS) is 11.3. The standard InChI is InChI=1S/C33H32ClN3O5S/c1-7-30(32(38)36-26-13-19(2)24(34)17-27(26)39-3)43-33-23(18-35)22(16-25(37-33)20-11-9-8-10-12-20)21-14-28(40-4)31(42-6)29(15-21)41-5/h8-17,30H,7H2,1-6H3,(H,36,38). The van der Waals surface area contributed by atoms with E-state index in [1.807, 2.05) is 50.2 Å². The molecular formula is C33H32ClN3O5S. The molecule has 1 N–H and O–H groups in total. The Morgan fingerprint density at radius 3 is 2.16 bits per heavy atom. The number of amides is 1. The van der Waals surface area contributed by atoms with E-state index >= 15 is 0 Å². The van der Waals surface area contributed by atoms with Crippen LogP contribution < -0.4 is 24.3 Å². The maximum Gasteiger partial charge on any atom is 0.238 e. The number of aromatic nitrogens is 1. The first-order chi connectivity index (χ1) is 20.8. The van der Waals surface area contributed by atoms with Crippen molar-refractivity contribution in [2.24, 2.45) is 0 Å². The number of ether oxygens (including phenoxy) is 4. The monoisotopic (exact) mass is 617 g/mol. The minimum atomic E-state index is -0.570. The van der Waals surface area contributed by atoms with Crippen molar-refractivity contribution < 1.29 is 23.7 Å². The lowest BCUT2D eigenvalue weighted by Gasteiger charge is -2.19. The Bertz CT molecular complexity index is 1650. The maximum atomic E-state index is 13.6. The number of nitrogens with zero attached hydrogens (tertiary/aromatic N) is 2. The van der Waals surface area contributed by atoms with Gasteiger partial charge in [0, 0.05) is 22.2 Å².